The molecular weight excluding hydrogens is 354 g/mol. The summed E-state index contributed by atoms with van der Waals surface area (Å²) in [6.07, 6.45) is 1.23. The molecular formula is C23H23NO4. The lowest BCUT2D eigenvalue weighted by molar-refractivity contribution is -0.139. The van der Waals surface area contributed by atoms with Gasteiger partial charge in [-0.3, -0.25) is 4.79 Å². The van der Waals surface area contributed by atoms with Crippen LogP contribution in [0.4, 0.5) is 4.79 Å². The summed E-state index contributed by atoms with van der Waals surface area (Å²) in [7, 11) is 0. The van der Waals surface area contributed by atoms with Crippen molar-refractivity contribution >= 4 is 12.1 Å². The topological polar surface area (TPSA) is 66.8 Å². The van der Waals surface area contributed by atoms with E-state index in [1.54, 1.807) is 4.90 Å². The van der Waals surface area contributed by atoms with E-state index in [0.717, 1.165) is 12.8 Å². The van der Waals surface area contributed by atoms with E-state index in [2.05, 4.69) is 24.3 Å². The molecule has 5 heteroatoms. The predicted octanol–water partition coefficient (Wildman–Crippen LogP) is 3.98. The number of carbonyl (C=O) groups is 2. The fraction of sp³-hybridized carbons (Fsp3) is 0.391. The van der Waals surface area contributed by atoms with Crippen LogP contribution in [0.1, 0.15) is 29.9 Å². The van der Waals surface area contributed by atoms with Crippen LogP contribution in [0.15, 0.2) is 48.5 Å². The fourth-order valence-electron chi connectivity index (χ4n) is 5.19. The standard InChI is InChI=1S/C23H23NO4/c25-22(26)21-18-9-11-24(12-10-19(18)21)23(27)28-13-20-16-7-3-1-5-14(16)15-6-2-4-8-17(15)20/h1-8,18-21H,9-13H2,(H,25,26). The Morgan fingerprint density at radius 2 is 1.46 bits per heavy atom. The van der Waals surface area contributed by atoms with Gasteiger partial charge >= 0.3 is 12.1 Å². The summed E-state index contributed by atoms with van der Waals surface area (Å²) in [5.74, 6) is -0.379. The Bertz CT molecular complexity index is 880. The van der Waals surface area contributed by atoms with Crippen LogP contribution in [0.2, 0.25) is 0 Å². The number of carboxylic acids is 1. The molecule has 5 nitrogen and oxygen atoms in total. The van der Waals surface area contributed by atoms with Gasteiger partial charge in [-0.05, 0) is 46.9 Å². The Hall–Kier alpha value is -2.82. The molecule has 2 atom stereocenters. The zero-order valence-electron chi connectivity index (χ0n) is 15.6. The third-order valence-corrected chi connectivity index (χ3v) is 6.68. The van der Waals surface area contributed by atoms with E-state index >= 15 is 0 Å². The molecule has 1 saturated heterocycles. The highest BCUT2D eigenvalue weighted by molar-refractivity contribution is 5.79. The second-order valence-corrected chi connectivity index (χ2v) is 8.06. The predicted molar refractivity (Wildman–Crippen MR) is 104 cm³/mol. The minimum atomic E-state index is -0.690. The first kappa shape index (κ1) is 17.3. The summed E-state index contributed by atoms with van der Waals surface area (Å²) in [6.45, 7) is 1.50. The molecule has 0 spiro atoms. The Balaban J connectivity index is 1.25. The van der Waals surface area contributed by atoms with Gasteiger partial charge in [0.25, 0.3) is 0 Å². The average Bonchev–Trinajstić information content (AvgIpc) is 3.37. The average molecular weight is 377 g/mol. The number of carbonyl (C=O) groups excluding carboxylic acids is 1. The number of carboxylic acid groups (broad SMARTS) is 1. The van der Waals surface area contributed by atoms with E-state index in [-0.39, 0.29) is 29.8 Å². The van der Waals surface area contributed by atoms with E-state index < -0.39 is 5.97 Å². The summed E-state index contributed by atoms with van der Waals surface area (Å²) in [6, 6.07) is 16.6. The van der Waals surface area contributed by atoms with E-state index in [1.165, 1.54) is 22.3 Å². The van der Waals surface area contributed by atoms with E-state index in [9.17, 15) is 14.7 Å². The third-order valence-electron chi connectivity index (χ3n) is 6.68. The highest BCUT2D eigenvalue weighted by Crippen LogP contribution is 2.52. The Labute approximate surface area is 163 Å². The molecule has 0 radical (unpaired) electrons. The molecule has 2 fully saturated rings. The van der Waals surface area contributed by atoms with Crippen LogP contribution in [0.25, 0.3) is 11.1 Å². The van der Waals surface area contributed by atoms with Crippen molar-refractivity contribution in [3.8, 4) is 11.1 Å². The monoisotopic (exact) mass is 377 g/mol. The van der Waals surface area contributed by atoms with Gasteiger partial charge in [-0.25, -0.2) is 4.79 Å². The minimum absolute atomic E-state index is 0.0631. The second-order valence-electron chi connectivity index (χ2n) is 8.06. The lowest BCUT2D eigenvalue weighted by atomic mass is 9.98. The normalized spacial score (nSPS) is 25.3. The molecule has 5 rings (SSSR count). The second kappa shape index (κ2) is 6.66. The zero-order chi connectivity index (χ0) is 19.3. The Morgan fingerprint density at radius 1 is 0.929 bits per heavy atom. The smallest absolute Gasteiger partial charge is 0.409 e. The number of hydrogen-bond acceptors (Lipinski definition) is 3. The number of hydrogen-bond donors (Lipinski definition) is 1. The van der Waals surface area contributed by atoms with E-state index in [0.29, 0.717) is 19.7 Å². The van der Waals surface area contributed by atoms with Crippen LogP contribution >= 0.6 is 0 Å². The maximum absolute atomic E-state index is 12.7. The van der Waals surface area contributed by atoms with E-state index in [4.69, 9.17) is 4.74 Å². The van der Waals surface area contributed by atoms with Gasteiger partial charge in [0.1, 0.15) is 6.61 Å². The van der Waals surface area contributed by atoms with Crippen LogP contribution in [0.3, 0.4) is 0 Å². The minimum Gasteiger partial charge on any atom is -0.481 e. The SMILES string of the molecule is O=C(O)C1C2CCN(C(=O)OCC3c4ccccc4-c4ccccc43)CCC21. The molecule has 2 aromatic rings. The molecule has 2 aromatic carbocycles. The van der Waals surface area contributed by atoms with Crippen LogP contribution < -0.4 is 0 Å². The molecule has 1 saturated carbocycles. The molecule has 0 aromatic heterocycles. The highest BCUT2D eigenvalue weighted by Gasteiger charge is 2.55. The van der Waals surface area contributed by atoms with Gasteiger partial charge < -0.3 is 14.7 Å². The molecule has 1 amide bonds. The summed E-state index contributed by atoms with van der Waals surface area (Å²) >= 11 is 0. The van der Waals surface area contributed by atoms with Gasteiger partial charge in [0.2, 0.25) is 0 Å². The lowest BCUT2D eigenvalue weighted by Crippen LogP contribution is -2.34. The van der Waals surface area contributed by atoms with Crippen molar-refractivity contribution in [2.75, 3.05) is 19.7 Å². The number of likely N-dealkylation sites (tertiary alicyclic amines) is 1. The van der Waals surface area contributed by atoms with Crippen molar-refractivity contribution in [2.24, 2.45) is 17.8 Å². The molecule has 2 aliphatic carbocycles. The van der Waals surface area contributed by atoms with Crippen molar-refractivity contribution < 1.29 is 19.4 Å². The molecule has 3 aliphatic rings. The van der Waals surface area contributed by atoms with Gasteiger partial charge in [-0.15, -0.1) is 0 Å². The summed E-state index contributed by atoms with van der Waals surface area (Å²) in [4.78, 5) is 25.6. The van der Waals surface area contributed by atoms with Crippen molar-refractivity contribution in [1.29, 1.82) is 0 Å². The molecule has 2 unspecified atom stereocenters. The summed E-state index contributed by atoms with van der Waals surface area (Å²) in [5.41, 5.74) is 4.85. The van der Waals surface area contributed by atoms with Crippen LogP contribution in [-0.2, 0) is 9.53 Å². The van der Waals surface area contributed by atoms with Crippen LogP contribution in [0.5, 0.6) is 0 Å². The molecule has 144 valence electrons. The number of benzene rings is 2. The number of rotatable bonds is 3. The van der Waals surface area contributed by atoms with Gasteiger partial charge in [-0.1, -0.05) is 48.5 Å². The van der Waals surface area contributed by atoms with Crippen LogP contribution in [0, 0.1) is 17.8 Å². The first-order valence-electron chi connectivity index (χ1n) is 9.98. The van der Waals surface area contributed by atoms with Gasteiger partial charge in [0, 0.05) is 19.0 Å². The number of amides is 1. The number of aliphatic carboxylic acids is 1. The van der Waals surface area contributed by atoms with Crippen LogP contribution in [-0.4, -0.2) is 41.8 Å². The number of ether oxygens (including phenoxy) is 1. The Morgan fingerprint density at radius 3 is 2.00 bits per heavy atom. The largest absolute Gasteiger partial charge is 0.481 e. The zero-order valence-corrected chi connectivity index (χ0v) is 15.6. The molecule has 1 heterocycles. The highest BCUT2D eigenvalue weighted by atomic mass is 16.6. The van der Waals surface area contributed by atoms with Gasteiger partial charge in [0.15, 0.2) is 0 Å². The Kier molecular flexibility index (Phi) is 4.11. The summed E-state index contributed by atoms with van der Waals surface area (Å²) < 4.78 is 5.73. The third kappa shape index (κ3) is 2.77. The van der Waals surface area contributed by atoms with Crippen molar-refractivity contribution in [3.05, 3.63) is 59.7 Å². The van der Waals surface area contributed by atoms with E-state index in [1.807, 2.05) is 24.3 Å². The molecule has 1 aliphatic heterocycles. The van der Waals surface area contributed by atoms with Crippen molar-refractivity contribution in [1.82, 2.24) is 4.90 Å². The molecule has 0 bridgehead atoms. The quantitative estimate of drug-likeness (QED) is 0.879. The number of nitrogens with zero attached hydrogens (tertiary/aromatic N) is 1. The molecule has 1 N–H and O–H groups in total. The van der Waals surface area contributed by atoms with Gasteiger partial charge in [-0.2, -0.15) is 0 Å². The van der Waals surface area contributed by atoms with Crippen molar-refractivity contribution in [3.63, 3.8) is 0 Å². The lowest BCUT2D eigenvalue weighted by Gasteiger charge is -2.22. The fourth-order valence-corrected chi connectivity index (χ4v) is 5.19. The maximum Gasteiger partial charge on any atom is 0.409 e. The molecule has 28 heavy (non-hydrogen) atoms. The first-order chi connectivity index (χ1) is 13.6. The maximum atomic E-state index is 12.7. The van der Waals surface area contributed by atoms with Crippen molar-refractivity contribution in [2.45, 2.75) is 18.8 Å². The summed E-state index contributed by atoms with van der Waals surface area (Å²) in [5, 5.41) is 9.21. The number of fused-ring (bicyclic) bond motifs is 4. The first-order valence-corrected chi connectivity index (χ1v) is 9.98. The van der Waals surface area contributed by atoms with Gasteiger partial charge in [0.05, 0.1) is 5.92 Å².